The first-order valence-corrected chi connectivity index (χ1v) is 9.43. The van der Waals surface area contributed by atoms with Gasteiger partial charge in [-0.05, 0) is 58.5 Å². The van der Waals surface area contributed by atoms with E-state index in [1.807, 2.05) is 11.3 Å². The molecule has 2 nitrogen and oxygen atoms in total. The van der Waals surface area contributed by atoms with Crippen LogP contribution < -0.4 is 5.32 Å². The molecule has 1 aromatic heterocycles. The minimum atomic E-state index is 0.190. The highest BCUT2D eigenvalue weighted by atomic mass is 32.2. The normalized spacial score (nSPS) is 20.0. The largest absolute Gasteiger partial charge is 0.307 e. The van der Waals surface area contributed by atoms with E-state index >= 15 is 0 Å². The third-order valence-electron chi connectivity index (χ3n) is 3.81. The summed E-state index contributed by atoms with van der Waals surface area (Å²) in [4.78, 5) is 5.48. The van der Waals surface area contributed by atoms with Crippen LogP contribution in [0, 0.1) is 6.92 Å². The molecule has 0 radical (unpaired) electrons. The molecule has 1 unspecified atom stereocenters. The molecule has 1 N–H and O–H groups in total. The summed E-state index contributed by atoms with van der Waals surface area (Å²) in [6.07, 6.45) is 1.35. The van der Waals surface area contributed by atoms with Crippen molar-refractivity contribution in [3.05, 3.63) is 21.4 Å². The van der Waals surface area contributed by atoms with Crippen molar-refractivity contribution in [2.75, 3.05) is 18.6 Å². The second-order valence-corrected chi connectivity index (χ2v) is 9.32. The summed E-state index contributed by atoms with van der Waals surface area (Å²) >= 11 is 4.04. The van der Waals surface area contributed by atoms with E-state index in [9.17, 15) is 0 Å². The topological polar surface area (TPSA) is 15.3 Å². The van der Waals surface area contributed by atoms with Crippen molar-refractivity contribution in [1.82, 2.24) is 10.2 Å². The van der Waals surface area contributed by atoms with E-state index < -0.39 is 0 Å². The van der Waals surface area contributed by atoms with Gasteiger partial charge in [0, 0.05) is 40.2 Å². The zero-order valence-corrected chi connectivity index (χ0v) is 15.1. The lowest BCUT2D eigenvalue weighted by atomic mass is 10.1. The highest BCUT2D eigenvalue weighted by molar-refractivity contribution is 7.99. The molecule has 1 aliphatic rings. The Morgan fingerprint density at radius 2 is 2.15 bits per heavy atom. The fourth-order valence-electron chi connectivity index (χ4n) is 2.45. The van der Waals surface area contributed by atoms with Gasteiger partial charge >= 0.3 is 0 Å². The van der Waals surface area contributed by atoms with Gasteiger partial charge in [-0.2, -0.15) is 11.8 Å². The van der Waals surface area contributed by atoms with Gasteiger partial charge in [-0.3, -0.25) is 4.90 Å². The van der Waals surface area contributed by atoms with E-state index in [2.05, 4.69) is 62.8 Å². The Morgan fingerprint density at radius 3 is 2.75 bits per heavy atom. The van der Waals surface area contributed by atoms with Gasteiger partial charge in [-0.15, -0.1) is 11.3 Å². The van der Waals surface area contributed by atoms with Gasteiger partial charge < -0.3 is 5.32 Å². The first kappa shape index (κ1) is 16.3. The van der Waals surface area contributed by atoms with Gasteiger partial charge in [0.1, 0.15) is 0 Å². The smallest absolute Gasteiger partial charge is 0.0304 e. The summed E-state index contributed by atoms with van der Waals surface area (Å²) in [6.45, 7) is 11.0. The minimum Gasteiger partial charge on any atom is -0.307 e. The maximum atomic E-state index is 3.58. The van der Waals surface area contributed by atoms with Crippen LogP contribution in [-0.4, -0.2) is 35.0 Å². The van der Waals surface area contributed by atoms with Crippen molar-refractivity contribution in [1.29, 1.82) is 0 Å². The monoisotopic (exact) mass is 312 g/mol. The lowest BCUT2D eigenvalue weighted by Gasteiger charge is -2.23. The summed E-state index contributed by atoms with van der Waals surface area (Å²) in [7, 11) is 2.28. The number of aryl methyl sites for hydroxylation is 1. The van der Waals surface area contributed by atoms with Crippen LogP contribution in [0.2, 0.25) is 0 Å². The van der Waals surface area contributed by atoms with E-state index in [1.54, 1.807) is 0 Å². The molecule has 0 aliphatic carbocycles. The molecule has 2 rings (SSSR count). The Labute approximate surface area is 132 Å². The average Bonchev–Trinajstić information content (AvgIpc) is 2.96. The highest BCUT2D eigenvalue weighted by Crippen LogP contribution is 2.26. The van der Waals surface area contributed by atoms with E-state index in [1.165, 1.54) is 33.2 Å². The Kier molecular flexibility index (Phi) is 5.57. The van der Waals surface area contributed by atoms with Crippen molar-refractivity contribution in [3.8, 4) is 0 Å². The SMILES string of the molecule is Cc1sc(CNC(C)(C)C)cc1CN(C)C1CCSC1. The van der Waals surface area contributed by atoms with Gasteiger partial charge in [0.15, 0.2) is 0 Å². The summed E-state index contributed by atoms with van der Waals surface area (Å²) < 4.78 is 0. The first-order chi connectivity index (χ1) is 9.35. The van der Waals surface area contributed by atoms with Crippen LogP contribution >= 0.6 is 23.1 Å². The molecule has 0 saturated carbocycles. The fraction of sp³-hybridized carbons (Fsp3) is 0.750. The van der Waals surface area contributed by atoms with Gasteiger partial charge in [0.05, 0.1) is 0 Å². The summed E-state index contributed by atoms with van der Waals surface area (Å²) in [5.41, 5.74) is 1.70. The molecule has 4 heteroatoms. The van der Waals surface area contributed by atoms with Crippen molar-refractivity contribution >= 4 is 23.1 Å². The third kappa shape index (κ3) is 4.76. The zero-order valence-electron chi connectivity index (χ0n) is 13.5. The maximum absolute atomic E-state index is 3.58. The Morgan fingerprint density at radius 1 is 1.40 bits per heavy atom. The van der Waals surface area contributed by atoms with E-state index in [4.69, 9.17) is 0 Å². The number of thioether (sulfide) groups is 1. The van der Waals surface area contributed by atoms with E-state index in [0.29, 0.717) is 0 Å². The van der Waals surface area contributed by atoms with E-state index in [0.717, 1.165) is 19.1 Å². The maximum Gasteiger partial charge on any atom is 0.0304 e. The number of nitrogens with one attached hydrogen (secondary N) is 1. The number of nitrogens with zero attached hydrogens (tertiary/aromatic N) is 1. The lowest BCUT2D eigenvalue weighted by molar-refractivity contribution is 0.254. The molecular formula is C16H28N2S2. The molecule has 114 valence electrons. The molecule has 1 fully saturated rings. The number of hydrogen-bond acceptors (Lipinski definition) is 4. The molecule has 0 aromatic carbocycles. The predicted octanol–water partition coefficient (Wildman–Crippen LogP) is 3.88. The molecule has 20 heavy (non-hydrogen) atoms. The van der Waals surface area contributed by atoms with Crippen molar-refractivity contribution in [2.45, 2.75) is 58.8 Å². The van der Waals surface area contributed by atoms with Crippen LogP contribution in [0.3, 0.4) is 0 Å². The van der Waals surface area contributed by atoms with E-state index in [-0.39, 0.29) is 5.54 Å². The molecule has 0 spiro atoms. The Balaban J connectivity index is 1.93. The standard InChI is InChI=1S/C16H28N2S2/c1-12-13(10-18(5)14-6-7-19-11-14)8-15(20-12)9-17-16(2,3)4/h8,14,17H,6-7,9-11H2,1-5H3. The summed E-state index contributed by atoms with van der Waals surface area (Å²) in [5, 5.41) is 3.58. The molecule has 2 heterocycles. The summed E-state index contributed by atoms with van der Waals surface area (Å²) in [6, 6.07) is 3.17. The molecule has 0 bridgehead atoms. The zero-order chi connectivity index (χ0) is 14.8. The second-order valence-electron chi connectivity index (χ2n) is 6.83. The van der Waals surface area contributed by atoms with Crippen LogP contribution in [-0.2, 0) is 13.1 Å². The van der Waals surface area contributed by atoms with Gasteiger partial charge in [0.2, 0.25) is 0 Å². The lowest BCUT2D eigenvalue weighted by Crippen LogP contribution is -2.34. The average molecular weight is 313 g/mol. The molecule has 1 aromatic rings. The van der Waals surface area contributed by atoms with Gasteiger partial charge in [-0.25, -0.2) is 0 Å². The molecular weight excluding hydrogens is 284 g/mol. The third-order valence-corrected chi connectivity index (χ3v) is 6.05. The van der Waals surface area contributed by atoms with Crippen molar-refractivity contribution in [3.63, 3.8) is 0 Å². The molecule has 1 aliphatic heterocycles. The number of rotatable bonds is 5. The quantitative estimate of drug-likeness (QED) is 0.888. The first-order valence-electron chi connectivity index (χ1n) is 7.46. The van der Waals surface area contributed by atoms with Crippen molar-refractivity contribution in [2.24, 2.45) is 0 Å². The molecule has 1 atom stereocenters. The molecule has 0 amide bonds. The van der Waals surface area contributed by atoms with Gasteiger partial charge in [-0.1, -0.05) is 0 Å². The fourth-order valence-corrected chi connectivity index (χ4v) is 4.74. The predicted molar refractivity (Wildman–Crippen MR) is 92.8 cm³/mol. The van der Waals surface area contributed by atoms with Crippen LogP contribution in [0.15, 0.2) is 6.07 Å². The number of hydrogen-bond donors (Lipinski definition) is 1. The van der Waals surface area contributed by atoms with Crippen LogP contribution in [0.25, 0.3) is 0 Å². The Hall–Kier alpha value is -0.0300. The highest BCUT2D eigenvalue weighted by Gasteiger charge is 2.21. The van der Waals surface area contributed by atoms with Crippen LogP contribution in [0.1, 0.15) is 42.5 Å². The van der Waals surface area contributed by atoms with Crippen LogP contribution in [0.4, 0.5) is 0 Å². The number of thiophene rings is 1. The Bertz CT molecular complexity index is 428. The minimum absolute atomic E-state index is 0.190. The van der Waals surface area contributed by atoms with Gasteiger partial charge in [0.25, 0.3) is 0 Å². The van der Waals surface area contributed by atoms with Crippen molar-refractivity contribution < 1.29 is 0 Å². The van der Waals surface area contributed by atoms with Crippen LogP contribution in [0.5, 0.6) is 0 Å². The second kappa shape index (κ2) is 6.82. The summed E-state index contributed by atoms with van der Waals surface area (Å²) in [5.74, 6) is 2.64. The molecule has 1 saturated heterocycles.